The lowest BCUT2D eigenvalue weighted by Gasteiger charge is -2.28. The van der Waals surface area contributed by atoms with E-state index in [1.54, 1.807) is 0 Å². The van der Waals surface area contributed by atoms with Crippen molar-refractivity contribution < 1.29 is 4.79 Å². The Morgan fingerprint density at radius 3 is 2.88 bits per heavy atom. The summed E-state index contributed by atoms with van der Waals surface area (Å²) in [6, 6.07) is 0. The first kappa shape index (κ1) is 14.0. The van der Waals surface area contributed by atoms with Gasteiger partial charge in [-0.25, -0.2) is 0 Å². The van der Waals surface area contributed by atoms with Crippen molar-refractivity contribution in [3.8, 4) is 12.3 Å². The van der Waals surface area contributed by atoms with Crippen LogP contribution >= 0.6 is 0 Å². The van der Waals surface area contributed by atoms with Crippen molar-refractivity contribution in [2.24, 2.45) is 0 Å². The van der Waals surface area contributed by atoms with Crippen molar-refractivity contribution >= 4 is 5.91 Å². The van der Waals surface area contributed by atoms with Crippen LogP contribution in [0, 0.1) is 12.3 Å². The first-order chi connectivity index (χ1) is 8.22. The van der Waals surface area contributed by atoms with Gasteiger partial charge in [-0.15, -0.1) is 6.42 Å². The average molecular weight is 238 g/mol. The fourth-order valence-corrected chi connectivity index (χ4v) is 1.78. The summed E-state index contributed by atoms with van der Waals surface area (Å²) in [5.41, 5.74) is 0. The molecule has 0 aliphatic carbocycles. The number of carbonyl (C=O) groups excluding carboxylic acids is 1. The van der Waals surface area contributed by atoms with Crippen LogP contribution in [0.25, 0.3) is 0 Å². The van der Waals surface area contributed by atoms with Gasteiger partial charge in [-0.1, -0.05) is 5.92 Å². The van der Waals surface area contributed by atoms with Crippen molar-refractivity contribution in [3.05, 3.63) is 0 Å². The number of likely N-dealkylation sites (N-methyl/N-ethyl adjacent to an activating group) is 1. The second-order valence-corrected chi connectivity index (χ2v) is 4.31. The summed E-state index contributed by atoms with van der Waals surface area (Å²) in [6.45, 7) is 6.95. The Morgan fingerprint density at radius 2 is 2.24 bits per heavy atom. The molecule has 17 heavy (non-hydrogen) atoms. The summed E-state index contributed by atoms with van der Waals surface area (Å²) in [6.07, 6.45) is 5.07. The Labute approximate surface area is 104 Å². The Morgan fingerprint density at radius 1 is 1.53 bits per heavy atom. The number of piperazine rings is 1. The predicted molar refractivity (Wildman–Crippen MR) is 68.6 cm³/mol. The standard InChI is InChI=1S/C12H22N4O/c1-3-4-14-12(17)11-15(2)9-10-16-7-5-13-6-8-16/h1,13H,4-11H2,2H3,(H,14,17). The highest BCUT2D eigenvalue weighted by atomic mass is 16.2. The van der Waals surface area contributed by atoms with Crippen LogP contribution in [-0.4, -0.2) is 75.1 Å². The van der Waals surface area contributed by atoms with Gasteiger partial charge in [-0.2, -0.15) is 0 Å². The summed E-state index contributed by atoms with van der Waals surface area (Å²) in [7, 11) is 1.96. The largest absolute Gasteiger partial charge is 0.344 e. The van der Waals surface area contributed by atoms with Gasteiger partial charge in [-0.05, 0) is 7.05 Å². The van der Waals surface area contributed by atoms with Crippen molar-refractivity contribution in [2.75, 3.05) is 59.4 Å². The SMILES string of the molecule is C#CCNC(=O)CN(C)CCN1CCNCC1. The Hall–Kier alpha value is -1.09. The maximum atomic E-state index is 11.4. The smallest absolute Gasteiger partial charge is 0.234 e. The zero-order valence-corrected chi connectivity index (χ0v) is 10.5. The van der Waals surface area contributed by atoms with Crippen LogP contribution in [0.2, 0.25) is 0 Å². The van der Waals surface area contributed by atoms with Gasteiger partial charge in [0.25, 0.3) is 0 Å². The molecule has 1 heterocycles. The van der Waals surface area contributed by atoms with E-state index in [2.05, 4.69) is 21.5 Å². The molecule has 0 unspecified atom stereocenters. The van der Waals surface area contributed by atoms with E-state index in [1.807, 2.05) is 11.9 Å². The van der Waals surface area contributed by atoms with Crippen LogP contribution < -0.4 is 10.6 Å². The number of nitrogens with zero attached hydrogens (tertiary/aromatic N) is 2. The van der Waals surface area contributed by atoms with Gasteiger partial charge in [-0.3, -0.25) is 14.6 Å². The number of amides is 1. The van der Waals surface area contributed by atoms with Gasteiger partial charge in [0, 0.05) is 39.3 Å². The Kier molecular flexibility index (Phi) is 6.63. The van der Waals surface area contributed by atoms with Crippen LogP contribution in [0.4, 0.5) is 0 Å². The molecule has 0 aromatic rings. The minimum Gasteiger partial charge on any atom is -0.344 e. The van der Waals surface area contributed by atoms with Crippen LogP contribution in [0.3, 0.4) is 0 Å². The molecule has 96 valence electrons. The maximum absolute atomic E-state index is 11.4. The molecule has 1 amide bonds. The first-order valence-electron chi connectivity index (χ1n) is 6.04. The van der Waals surface area contributed by atoms with Crippen molar-refractivity contribution in [3.63, 3.8) is 0 Å². The molecule has 5 nitrogen and oxygen atoms in total. The van der Waals surface area contributed by atoms with Gasteiger partial charge >= 0.3 is 0 Å². The highest BCUT2D eigenvalue weighted by molar-refractivity contribution is 5.78. The van der Waals surface area contributed by atoms with E-state index >= 15 is 0 Å². The Balaban J connectivity index is 2.09. The predicted octanol–water partition coefficient (Wildman–Crippen LogP) is -1.43. The molecule has 0 atom stereocenters. The summed E-state index contributed by atoms with van der Waals surface area (Å²) < 4.78 is 0. The normalized spacial score (nSPS) is 16.8. The fourth-order valence-electron chi connectivity index (χ4n) is 1.78. The van der Waals surface area contributed by atoms with Crippen LogP contribution in [-0.2, 0) is 4.79 Å². The molecule has 0 radical (unpaired) electrons. The maximum Gasteiger partial charge on any atom is 0.234 e. The molecular formula is C12H22N4O. The number of hydrogen-bond donors (Lipinski definition) is 2. The summed E-state index contributed by atoms with van der Waals surface area (Å²) in [4.78, 5) is 15.8. The zero-order valence-electron chi connectivity index (χ0n) is 10.5. The highest BCUT2D eigenvalue weighted by Gasteiger charge is 2.11. The lowest BCUT2D eigenvalue weighted by Crippen LogP contribution is -2.46. The van der Waals surface area contributed by atoms with Gasteiger partial charge in [0.15, 0.2) is 0 Å². The number of rotatable bonds is 6. The minimum atomic E-state index is -0.00855. The molecule has 0 spiro atoms. The second-order valence-electron chi connectivity index (χ2n) is 4.31. The van der Waals surface area contributed by atoms with E-state index in [0.29, 0.717) is 13.1 Å². The molecule has 0 bridgehead atoms. The van der Waals surface area contributed by atoms with Crippen molar-refractivity contribution in [2.45, 2.75) is 0 Å². The molecule has 1 fully saturated rings. The van der Waals surface area contributed by atoms with E-state index in [0.717, 1.165) is 39.3 Å². The summed E-state index contributed by atoms with van der Waals surface area (Å²) in [5.74, 6) is 2.38. The molecule has 0 aromatic heterocycles. The third-order valence-corrected chi connectivity index (χ3v) is 2.81. The number of terminal acetylenes is 1. The van der Waals surface area contributed by atoms with Gasteiger partial charge in [0.2, 0.25) is 5.91 Å². The molecular weight excluding hydrogens is 216 g/mol. The summed E-state index contributed by atoms with van der Waals surface area (Å²) in [5, 5.41) is 5.98. The van der Waals surface area contributed by atoms with Gasteiger partial charge in [0.05, 0.1) is 13.1 Å². The zero-order chi connectivity index (χ0) is 12.5. The monoisotopic (exact) mass is 238 g/mol. The van der Waals surface area contributed by atoms with Gasteiger partial charge < -0.3 is 10.6 Å². The molecule has 0 saturated carbocycles. The third-order valence-electron chi connectivity index (χ3n) is 2.81. The Bertz CT molecular complexity index is 268. The average Bonchev–Trinajstić information content (AvgIpc) is 2.35. The summed E-state index contributed by atoms with van der Waals surface area (Å²) >= 11 is 0. The van der Waals surface area contributed by atoms with Crippen molar-refractivity contribution in [1.82, 2.24) is 20.4 Å². The highest BCUT2D eigenvalue weighted by Crippen LogP contribution is 1.92. The number of hydrogen-bond acceptors (Lipinski definition) is 4. The molecule has 1 saturated heterocycles. The molecule has 2 N–H and O–H groups in total. The molecule has 1 aliphatic heterocycles. The van der Waals surface area contributed by atoms with E-state index in [1.165, 1.54) is 0 Å². The number of carbonyl (C=O) groups is 1. The second kappa shape index (κ2) is 8.07. The van der Waals surface area contributed by atoms with Crippen molar-refractivity contribution in [1.29, 1.82) is 0 Å². The van der Waals surface area contributed by atoms with E-state index in [9.17, 15) is 4.79 Å². The van der Waals surface area contributed by atoms with E-state index in [4.69, 9.17) is 6.42 Å². The van der Waals surface area contributed by atoms with Crippen LogP contribution in [0.5, 0.6) is 0 Å². The quantitative estimate of drug-likeness (QED) is 0.557. The third kappa shape index (κ3) is 6.27. The van der Waals surface area contributed by atoms with Crippen LogP contribution in [0.1, 0.15) is 0 Å². The van der Waals surface area contributed by atoms with E-state index < -0.39 is 0 Å². The number of nitrogens with one attached hydrogen (secondary N) is 2. The van der Waals surface area contributed by atoms with E-state index in [-0.39, 0.29) is 5.91 Å². The van der Waals surface area contributed by atoms with Gasteiger partial charge in [0.1, 0.15) is 0 Å². The molecule has 0 aromatic carbocycles. The first-order valence-corrected chi connectivity index (χ1v) is 6.04. The lowest BCUT2D eigenvalue weighted by atomic mass is 10.3. The molecule has 1 rings (SSSR count). The topological polar surface area (TPSA) is 47.6 Å². The fraction of sp³-hybridized carbons (Fsp3) is 0.750. The molecule has 5 heteroatoms. The minimum absolute atomic E-state index is 0.00855. The molecule has 1 aliphatic rings. The lowest BCUT2D eigenvalue weighted by molar-refractivity contribution is -0.121. The van der Waals surface area contributed by atoms with Crippen LogP contribution in [0.15, 0.2) is 0 Å².